The molecule has 100 valence electrons. The predicted octanol–water partition coefficient (Wildman–Crippen LogP) is 4.99. The van der Waals surface area contributed by atoms with Gasteiger partial charge in [-0.15, -0.1) is 0 Å². The summed E-state index contributed by atoms with van der Waals surface area (Å²) in [7, 11) is 0. The van der Waals surface area contributed by atoms with E-state index in [1.807, 2.05) is 0 Å². The molecule has 0 radical (unpaired) electrons. The zero-order chi connectivity index (χ0) is 14.2. The van der Waals surface area contributed by atoms with Gasteiger partial charge >= 0.3 is 0 Å². The summed E-state index contributed by atoms with van der Waals surface area (Å²) in [6.07, 6.45) is 0. The van der Waals surface area contributed by atoms with Crippen molar-refractivity contribution in [2.75, 3.05) is 0 Å². The van der Waals surface area contributed by atoms with Crippen LogP contribution in [0.5, 0.6) is 11.5 Å². The fourth-order valence-electron chi connectivity index (χ4n) is 1.87. The molecule has 19 heavy (non-hydrogen) atoms. The first-order valence-corrected chi connectivity index (χ1v) is 6.11. The van der Waals surface area contributed by atoms with Gasteiger partial charge in [0.25, 0.3) is 0 Å². The van der Waals surface area contributed by atoms with Crippen molar-refractivity contribution in [2.24, 2.45) is 0 Å². The molecule has 0 aromatic heterocycles. The van der Waals surface area contributed by atoms with Gasteiger partial charge in [-0.3, -0.25) is 0 Å². The summed E-state index contributed by atoms with van der Waals surface area (Å²) in [4.78, 5) is 0. The van der Waals surface area contributed by atoms with Gasteiger partial charge in [0.15, 0.2) is 0 Å². The summed E-state index contributed by atoms with van der Waals surface area (Å²) in [5, 5.41) is 0. The van der Waals surface area contributed by atoms with Crippen molar-refractivity contribution < 1.29 is 13.5 Å². The lowest BCUT2D eigenvalue weighted by Gasteiger charge is -2.14. The number of halogens is 2. The Bertz CT molecular complexity index is 578. The molecule has 0 spiro atoms. The van der Waals surface area contributed by atoms with Crippen molar-refractivity contribution in [3.63, 3.8) is 0 Å². The number of ether oxygens (including phenoxy) is 1. The first-order chi connectivity index (χ1) is 8.91. The Hall–Kier alpha value is -1.90. The molecule has 0 aliphatic heterocycles. The predicted molar refractivity (Wildman–Crippen MR) is 71.8 cm³/mol. The van der Waals surface area contributed by atoms with E-state index in [2.05, 4.69) is 0 Å². The third-order valence-corrected chi connectivity index (χ3v) is 3.56. The van der Waals surface area contributed by atoms with Crippen LogP contribution in [0, 0.1) is 39.3 Å². The maximum atomic E-state index is 13.4. The molecule has 0 amide bonds. The summed E-state index contributed by atoms with van der Waals surface area (Å²) in [6.45, 7) is 7.03. The van der Waals surface area contributed by atoms with Gasteiger partial charge in [0.05, 0.1) is 0 Å². The fraction of sp³-hybridized carbons (Fsp3) is 0.250. The van der Waals surface area contributed by atoms with E-state index in [0.29, 0.717) is 22.6 Å². The fourth-order valence-corrected chi connectivity index (χ4v) is 1.87. The molecule has 0 aliphatic rings. The average molecular weight is 262 g/mol. The monoisotopic (exact) mass is 262 g/mol. The highest BCUT2D eigenvalue weighted by Gasteiger charge is 2.11. The first kappa shape index (κ1) is 13.5. The third kappa shape index (κ3) is 2.46. The molecular formula is C16H16F2O. The Morgan fingerprint density at radius 3 is 1.37 bits per heavy atom. The number of hydrogen-bond acceptors (Lipinski definition) is 1. The summed E-state index contributed by atoms with van der Waals surface area (Å²) in [5.74, 6) is 0.676. The van der Waals surface area contributed by atoms with E-state index in [4.69, 9.17) is 4.74 Å². The Kier molecular flexibility index (Phi) is 3.56. The van der Waals surface area contributed by atoms with Crippen LogP contribution in [0.15, 0.2) is 24.3 Å². The van der Waals surface area contributed by atoms with Gasteiger partial charge in [-0.2, -0.15) is 0 Å². The molecule has 3 heteroatoms. The van der Waals surface area contributed by atoms with Crippen LogP contribution in [0.1, 0.15) is 22.3 Å². The molecule has 2 rings (SSSR count). The van der Waals surface area contributed by atoms with E-state index in [1.54, 1.807) is 39.8 Å². The highest BCUT2D eigenvalue weighted by atomic mass is 19.1. The van der Waals surface area contributed by atoms with E-state index in [9.17, 15) is 8.78 Å². The van der Waals surface area contributed by atoms with E-state index >= 15 is 0 Å². The van der Waals surface area contributed by atoms with Crippen LogP contribution in [0.4, 0.5) is 8.78 Å². The molecule has 1 nitrogen and oxygen atoms in total. The van der Waals surface area contributed by atoms with Crippen LogP contribution >= 0.6 is 0 Å². The van der Waals surface area contributed by atoms with Crippen LogP contribution in [0.2, 0.25) is 0 Å². The Morgan fingerprint density at radius 2 is 1.00 bits per heavy atom. The maximum Gasteiger partial charge on any atom is 0.130 e. The second-order valence-corrected chi connectivity index (χ2v) is 4.69. The van der Waals surface area contributed by atoms with Gasteiger partial charge in [0, 0.05) is 0 Å². The molecule has 0 fully saturated rings. The van der Waals surface area contributed by atoms with Gasteiger partial charge in [0.1, 0.15) is 23.1 Å². The SMILES string of the molecule is Cc1c(F)ccc(Oc2ccc(F)c(C)c2C)c1C. The lowest BCUT2D eigenvalue weighted by atomic mass is 10.1. The first-order valence-electron chi connectivity index (χ1n) is 6.11. The van der Waals surface area contributed by atoms with E-state index in [1.165, 1.54) is 12.1 Å². The molecule has 0 saturated heterocycles. The Morgan fingerprint density at radius 1 is 0.632 bits per heavy atom. The highest BCUT2D eigenvalue weighted by molar-refractivity contribution is 5.46. The molecule has 0 unspecified atom stereocenters. The number of benzene rings is 2. The minimum absolute atomic E-state index is 0.253. The molecular weight excluding hydrogens is 246 g/mol. The number of rotatable bonds is 2. The van der Waals surface area contributed by atoms with Gasteiger partial charge in [-0.1, -0.05) is 0 Å². The molecule has 0 saturated carbocycles. The number of hydrogen-bond donors (Lipinski definition) is 0. The quantitative estimate of drug-likeness (QED) is 0.740. The summed E-state index contributed by atoms with van der Waals surface area (Å²) < 4.78 is 32.6. The lowest BCUT2D eigenvalue weighted by Crippen LogP contribution is -1.96. The summed E-state index contributed by atoms with van der Waals surface area (Å²) in [5.41, 5.74) is 2.63. The normalized spacial score (nSPS) is 10.6. The van der Waals surface area contributed by atoms with Crippen molar-refractivity contribution in [1.29, 1.82) is 0 Å². The average Bonchev–Trinajstić information content (AvgIpc) is 2.39. The lowest BCUT2D eigenvalue weighted by molar-refractivity contribution is 0.468. The van der Waals surface area contributed by atoms with Crippen molar-refractivity contribution in [3.05, 3.63) is 58.2 Å². The van der Waals surface area contributed by atoms with Crippen molar-refractivity contribution in [3.8, 4) is 11.5 Å². The topological polar surface area (TPSA) is 9.23 Å². The largest absolute Gasteiger partial charge is 0.457 e. The van der Waals surface area contributed by atoms with Gasteiger partial charge in [-0.05, 0) is 74.2 Å². The molecule has 2 aromatic rings. The van der Waals surface area contributed by atoms with E-state index in [0.717, 1.165) is 11.1 Å². The molecule has 0 atom stereocenters. The Labute approximate surface area is 111 Å². The van der Waals surface area contributed by atoms with Gasteiger partial charge < -0.3 is 4.74 Å². The van der Waals surface area contributed by atoms with Crippen molar-refractivity contribution in [1.82, 2.24) is 0 Å². The van der Waals surface area contributed by atoms with Crippen LogP contribution in [-0.2, 0) is 0 Å². The minimum atomic E-state index is -0.253. The zero-order valence-corrected chi connectivity index (χ0v) is 11.5. The van der Waals surface area contributed by atoms with Crippen molar-refractivity contribution in [2.45, 2.75) is 27.7 Å². The van der Waals surface area contributed by atoms with Crippen LogP contribution in [-0.4, -0.2) is 0 Å². The third-order valence-electron chi connectivity index (χ3n) is 3.56. The molecule has 0 heterocycles. The van der Waals surface area contributed by atoms with Gasteiger partial charge in [0.2, 0.25) is 0 Å². The van der Waals surface area contributed by atoms with Crippen LogP contribution < -0.4 is 4.74 Å². The van der Waals surface area contributed by atoms with E-state index in [-0.39, 0.29) is 11.6 Å². The van der Waals surface area contributed by atoms with Crippen LogP contribution in [0.25, 0.3) is 0 Å². The second-order valence-electron chi connectivity index (χ2n) is 4.69. The smallest absolute Gasteiger partial charge is 0.130 e. The van der Waals surface area contributed by atoms with Crippen LogP contribution in [0.3, 0.4) is 0 Å². The Balaban J connectivity index is 2.43. The van der Waals surface area contributed by atoms with Crippen molar-refractivity contribution >= 4 is 0 Å². The maximum absolute atomic E-state index is 13.4. The molecule has 2 aromatic carbocycles. The molecule has 0 N–H and O–H groups in total. The standard InChI is InChI=1S/C16H16F2O/c1-9-11(3)15(7-5-13(9)17)19-16-8-6-14(18)10(2)12(16)4/h5-8H,1-4H3. The second kappa shape index (κ2) is 5.00. The zero-order valence-electron chi connectivity index (χ0n) is 11.5. The summed E-state index contributed by atoms with van der Waals surface area (Å²) >= 11 is 0. The molecule has 0 bridgehead atoms. The van der Waals surface area contributed by atoms with E-state index < -0.39 is 0 Å². The van der Waals surface area contributed by atoms with Gasteiger partial charge in [-0.25, -0.2) is 8.78 Å². The summed E-state index contributed by atoms with van der Waals surface area (Å²) in [6, 6.07) is 5.94. The minimum Gasteiger partial charge on any atom is -0.457 e. The molecule has 0 aliphatic carbocycles. The highest BCUT2D eigenvalue weighted by Crippen LogP contribution is 2.31.